The zero-order valence-electron chi connectivity index (χ0n) is 12.0. The van der Waals surface area contributed by atoms with E-state index < -0.39 is 5.97 Å². The number of aromatic nitrogens is 1. The van der Waals surface area contributed by atoms with Gasteiger partial charge in [-0.05, 0) is 30.2 Å². The van der Waals surface area contributed by atoms with Crippen molar-refractivity contribution in [2.75, 3.05) is 7.11 Å². The number of aryl methyl sites for hydroxylation is 2. The van der Waals surface area contributed by atoms with Gasteiger partial charge in [-0.25, -0.2) is 4.79 Å². The molecule has 0 saturated heterocycles. The van der Waals surface area contributed by atoms with Crippen molar-refractivity contribution >= 4 is 11.8 Å². The van der Waals surface area contributed by atoms with E-state index in [1.165, 1.54) is 10.6 Å². The largest absolute Gasteiger partial charge is 0.497 e. The Balaban J connectivity index is 2.01. The summed E-state index contributed by atoms with van der Waals surface area (Å²) in [5.41, 5.74) is 1.59. The highest BCUT2D eigenvalue weighted by molar-refractivity contribution is 5.98. The van der Waals surface area contributed by atoms with Gasteiger partial charge in [0.1, 0.15) is 11.4 Å². The highest BCUT2D eigenvalue weighted by atomic mass is 16.5. The van der Waals surface area contributed by atoms with Gasteiger partial charge in [0.05, 0.1) is 7.11 Å². The predicted octanol–water partition coefficient (Wildman–Crippen LogP) is 2.55. The molecular formula is C16H17NO4. The Hall–Kier alpha value is -2.56. The van der Waals surface area contributed by atoms with E-state index in [1.54, 1.807) is 20.4 Å². The molecular weight excluding hydrogens is 270 g/mol. The molecule has 21 heavy (non-hydrogen) atoms. The number of carboxylic acids is 1. The maximum absolute atomic E-state index is 12.1. The second kappa shape index (κ2) is 6.26. The first-order valence-electron chi connectivity index (χ1n) is 6.57. The third-order valence-corrected chi connectivity index (χ3v) is 3.35. The van der Waals surface area contributed by atoms with Gasteiger partial charge in [0, 0.05) is 25.2 Å². The van der Waals surface area contributed by atoms with Crippen LogP contribution in [0, 0.1) is 0 Å². The fourth-order valence-corrected chi connectivity index (χ4v) is 2.12. The highest BCUT2D eigenvalue weighted by Gasteiger charge is 2.14. The van der Waals surface area contributed by atoms with E-state index >= 15 is 0 Å². The smallest absolute Gasteiger partial charge is 0.352 e. The van der Waals surface area contributed by atoms with Crippen molar-refractivity contribution in [3.8, 4) is 5.75 Å². The number of rotatable bonds is 6. The summed E-state index contributed by atoms with van der Waals surface area (Å²) in [4.78, 5) is 23.1. The van der Waals surface area contributed by atoms with E-state index in [4.69, 9.17) is 9.84 Å². The number of methoxy groups -OCH3 is 1. The number of Topliss-reactive ketones (excluding diaryl/α,β-unsaturated/α-hetero) is 1. The molecule has 5 heteroatoms. The number of ether oxygens (including phenoxy) is 1. The zero-order valence-corrected chi connectivity index (χ0v) is 12.0. The Morgan fingerprint density at radius 2 is 1.90 bits per heavy atom. The van der Waals surface area contributed by atoms with Crippen molar-refractivity contribution < 1.29 is 19.4 Å². The number of ketones is 1. The van der Waals surface area contributed by atoms with Crippen LogP contribution in [0.2, 0.25) is 0 Å². The van der Waals surface area contributed by atoms with Crippen LogP contribution in [0.4, 0.5) is 0 Å². The molecule has 0 unspecified atom stereocenters. The second-order valence-electron chi connectivity index (χ2n) is 4.80. The Labute approximate surface area is 122 Å². The molecule has 0 spiro atoms. The molecule has 1 aromatic heterocycles. The molecule has 2 rings (SSSR count). The summed E-state index contributed by atoms with van der Waals surface area (Å²) in [6.07, 6.45) is 2.51. The fourth-order valence-electron chi connectivity index (χ4n) is 2.12. The van der Waals surface area contributed by atoms with Crippen LogP contribution in [0.5, 0.6) is 5.75 Å². The van der Waals surface area contributed by atoms with E-state index in [1.807, 2.05) is 24.3 Å². The van der Waals surface area contributed by atoms with E-state index in [-0.39, 0.29) is 11.5 Å². The SMILES string of the molecule is COc1ccc(CCC(=O)c2cc(C(=O)O)n(C)c2)cc1. The number of benzene rings is 1. The molecule has 110 valence electrons. The van der Waals surface area contributed by atoms with Crippen LogP contribution in [0.25, 0.3) is 0 Å². The Kier molecular flexibility index (Phi) is 4.42. The molecule has 0 saturated carbocycles. The number of hydrogen-bond acceptors (Lipinski definition) is 3. The lowest BCUT2D eigenvalue weighted by Crippen LogP contribution is -2.02. The minimum absolute atomic E-state index is 0.0612. The number of hydrogen-bond donors (Lipinski definition) is 1. The molecule has 1 N–H and O–H groups in total. The van der Waals surface area contributed by atoms with Gasteiger partial charge >= 0.3 is 5.97 Å². The minimum atomic E-state index is -1.04. The average Bonchev–Trinajstić information content (AvgIpc) is 2.87. The summed E-state index contributed by atoms with van der Waals surface area (Å²) >= 11 is 0. The first-order valence-corrected chi connectivity index (χ1v) is 6.57. The number of carboxylic acid groups (broad SMARTS) is 1. The van der Waals surface area contributed by atoms with Crippen LogP contribution in [0.3, 0.4) is 0 Å². The van der Waals surface area contributed by atoms with E-state index in [2.05, 4.69) is 0 Å². The van der Waals surface area contributed by atoms with E-state index in [9.17, 15) is 9.59 Å². The van der Waals surface area contributed by atoms with Gasteiger partial charge < -0.3 is 14.4 Å². The fraction of sp³-hybridized carbons (Fsp3) is 0.250. The Morgan fingerprint density at radius 3 is 2.43 bits per heavy atom. The van der Waals surface area contributed by atoms with Crippen LogP contribution < -0.4 is 4.74 Å². The van der Waals surface area contributed by atoms with Gasteiger partial charge in [-0.1, -0.05) is 12.1 Å². The summed E-state index contributed by atoms with van der Waals surface area (Å²) in [6.45, 7) is 0. The van der Waals surface area contributed by atoms with Gasteiger partial charge in [-0.15, -0.1) is 0 Å². The topological polar surface area (TPSA) is 68.5 Å². The molecule has 0 fully saturated rings. The molecule has 0 bridgehead atoms. The minimum Gasteiger partial charge on any atom is -0.497 e. The van der Waals surface area contributed by atoms with Crippen molar-refractivity contribution in [3.05, 3.63) is 53.3 Å². The highest BCUT2D eigenvalue weighted by Crippen LogP contribution is 2.15. The van der Waals surface area contributed by atoms with Gasteiger partial charge in [0.2, 0.25) is 0 Å². The summed E-state index contributed by atoms with van der Waals surface area (Å²) in [6, 6.07) is 8.95. The molecule has 0 atom stereocenters. The Morgan fingerprint density at radius 1 is 1.24 bits per heavy atom. The first kappa shape index (κ1) is 14.8. The average molecular weight is 287 g/mol. The number of carbonyl (C=O) groups excluding carboxylic acids is 1. The van der Waals surface area contributed by atoms with Gasteiger partial charge in [0.15, 0.2) is 5.78 Å². The third-order valence-electron chi connectivity index (χ3n) is 3.35. The molecule has 0 aliphatic carbocycles. The van der Waals surface area contributed by atoms with Crippen LogP contribution in [0.1, 0.15) is 32.8 Å². The van der Waals surface area contributed by atoms with E-state index in [0.29, 0.717) is 18.4 Å². The van der Waals surface area contributed by atoms with Crippen molar-refractivity contribution in [3.63, 3.8) is 0 Å². The number of carbonyl (C=O) groups is 2. The molecule has 2 aromatic rings. The van der Waals surface area contributed by atoms with Gasteiger partial charge in [-0.3, -0.25) is 4.79 Å². The normalized spacial score (nSPS) is 10.4. The lowest BCUT2D eigenvalue weighted by Gasteiger charge is -2.02. The summed E-state index contributed by atoms with van der Waals surface area (Å²) in [7, 11) is 3.22. The van der Waals surface area contributed by atoms with Gasteiger partial charge in [0.25, 0.3) is 0 Å². The van der Waals surface area contributed by atoms with Crippen LogP contribution in [-0.2, 0) is 13.5 Å². The molecule has 0 aliphatic rings. The van der Waals surface area contributed by atoms with Crippen molar-refractivity contribution in [1.29, 1.82) is 0 Å². The lowest BCUT2D eigenvalue weighted by atomic mass is 10.0. The quantitative estimate of drug-likeness (QED) is 0.829. The van der Waals surface area contributed by atoms with Gasteiger partial charge in [-0.2, -0.15) is 0 Å². The third kappa shape index (κ3) is 3.51. The molecule has 1 heterocycles. The maximum Gasteiger partial charge on any atom is 0.352 e. The monoisotopic (exact) mass is 287 g/mol. The van der Waals surface area contributed by atoms with Crippen molar-refractivity contribution in [2.24, 2.45) is 7.05 Å². The number of aromatic carboxylic acids is 1. The summed E-state index contributed by atoms with van der Waals surface area (Å²) < 4.78 is 6.52. The van der Waals surface area contributed by atoms with Crippen molar-refractivity contribution in [2.45, 2.75) is 12.8 Å². The van der Waals surface area contributed by atoms with Crippen LogP contribution in [0.15, 0.2) is 36.5 Å². The predicted molar refractivity (Wildman–Crippen MR) is 78.0 cm³/mol. The number of nitrogens with zero attached hydrogens (tertiary/aromatic N) is 1. The maximum atomic E-state index is 12.1. The van der Waals surface area contributed by atoms with E-state index in [0.717, 1.165) is 11.3 Å². The first-order chi connectivity index (χ1) is 10.0. The standard InChI is InChI=1S/C16H17NO4/c1-17-10-12(9-14(17)16(19)20)15(18)8-5-11-3-6-13(21-2)7-4-11/h3-4,6-7,9-10H,5,8H2,1-2H3,(H,19,20). The van der Waals surface area contributed by atoms with Crippen molar-refractivity contribution in [1.82, 2.24) is 4.57 Å². The second-order valence-corrected chi connectivity index (χ2v) is 4.80. The molecule has 0 radical (unpaired) electrons. The lowest BCUT2D eigenvalue weighted by molar-refractivity contribution is 0.0686. The molecule has 0 amide bonds. The van der Waals surface area contributed by atoms with Crippen LogP contribution >= 0.6 is 0 Å². The summed E-state index contributed by atoms with van der Waals surface area (Å²) in [5, 5.41) is 8.97. The Bertz CT molecular complexity index is 655. The van der Waals surface area contributed by atoms with Crippen LogP contribution in [-0.4, -0.2) is 28.5 Å². The molecule has 1 aromatic carbocycles. The molecule has 5 nitrogen and oxygen atoms in total. The molecule has 0 aliphatic heterocycles. The zero-order chi connectivity index (χ0) is 15.4. The summed E-state index contributed by atoms with van der Waals surface area (Å²) in [5.74, 6) is -0.320.